The third kappa shape index (κ3) is 6.37. The second-order valence-corrected chi connectivity index (χ2v) is 9.77. The van der Waals surface area contributed by atoms with Crippen LogP contribution in [-0.2, 0) is 17.6 Å². The Bertz CT molecular complexity index is 956. The van der Waals surface area contributed by atoms with Crippen molar-refractivity contribution >= 4 is 17.6 Å². The summed E-state index contributed by atoms with van der Waals surface area (Å²) >= 11 is 0. The van der Waals surface area contributed by atoms with Crippen LogP contribution >= 0.6 is 0 Å². The molecular formula is C28H37N3O2. The first-order valence-corrected chi connectivity index (χ1v) is 12.5. The van der Waals surface area contributed by atoms with Crippen molar-refractivity contribution in [3.63, 3.8) is 0 Å². The van der Waals surface area contributed by atoms with E-state index in [1.807, 2.05) is 28.0 Å². The molecule has 2 heterocycles. The van der Waals surface area contributed by atoms with Gasteiger partial charge in [0.25, 0.3) is 0 Å². The van der Waals surface area contributed by atoms with Gasteiger partial charge in [-0.2, -0.15) is 0 Å². The van der Waals surface area contributed by atoms with Gasteiger partial charge in [-0.15, -0.1) is 0 Å². The lowest BCUT2D eigenvalue weighted by Crippen LogP contribution is -2.41. The summed E-state index contributed by atoms with van der Waals surface area (Å²) in [4.78, 5) is 28.8. The number of carbonyl (C=O) groups excluding carboxylic acids is 2. The van der Waals surface area contributed by atoms with Crippen LogP contribution in [0.25, 0.3) is 0 Å². The number of hydrogen-bond donors (Lipinski definition) is 1. The van der Waals surface area contributed by atoms with Crippen molar-refractivity contribution in [3.05, 3.63) is 64.7 Å². The number of benzene rings is 2. The second-order valence-electron chi connectivity index (χ2n) is 9.77. The lowest BCUT2D eigenvalue weighted by atomic mass is 9.90. The first kappa shape index (κ1) is 23.3. The number of anilines is 1. The van der Waals surface area contributed by atoms with E-state index in [4.69, 9.17) is 0 Å². The molecule has 176 valence electrons. The van der Waals surface area contributed by atoms with Gasteiger partial charge >= 0.3 is 6.03 Å². The lowest BCUT2D eigenvalue weighted by Gasteiger charge is -2.32. The fourth-order valence-electron chi connectivity index (χ4n) is 4.91. The summed E-state index contributed by atoms with van der Waals surface area (Å²) in [6, 6.07) is 14.9. The molecular weight excluding hydrogens is 410 g/mol. The molecule has 0 spiro atoms. The molecule has 3 amide bonds. The highest BCUT2D eigenvalue weighted by Crippen LogP contribution is 2.23. The fraction of sp³-hybridized carbons (Fsp3) is 0.500. The van der Waals surface area contributed by atoms with Crippen LogP contribution in [0.4, 0.5) is 10.5 Å². The molecule has 0 unspecified atom stereocenters. The van der Waals surface area contributed by atoms with Crippen molar-refractivity contribution in [1.29, 1.82) is 0 Å². The normalized spacial score (nSPS) is 16.8. The maximum absolute atomic E-state index is 12.6. The number of amides is 3. The minimum atomic E-state index is 0.00420. The molecule has 5 heteroatoms. The Hall–Kier alpha value is -2.82. The number of hydrogen-bond acceptors (Lipinski definition) is 2. The molecule has 5 nitrogen and oxygen atoms in total. The first-order valence-electron chi connectivity index (χ1n) is 12.5. The van der Waals surface area contributed by atoms with E-state index in [2.05, 4.69) is 43.4 Å². The molecule has 0 saturated carbocycles. The molecule has 1 N–H and O–H groups in total. The molecule has 0 aliphatic carbocycles. The minimum Gasteiger partial charge on any atom is -0.343 e. The van der Waals surface area contributed by atoms with Gasteiger partial charge in [-0.25, -0.2) is 4.79 Å². The highest BCUT2D eigenvalue weighted by molar-refractivity contribution is 5.89. The van der Waals surface area contributed by atoms with Crippen molar-refractivity contribution in [3.8, 4) is 0 Å². The molecule has 0 radical (unpaired) electrons. The Morgan fingerprint density at radius 1 is 0.848 bits per heavy atom. The van der Waals surface area contributed by atoms with Crippen molar-refractivity contribution < 1.29 is 9.59 Å². The predicted molar refractivity (Wildman–Crippen MR) is 134 cm³/mol. The van der Waals surface area contributed by atoms with Gasteiger partial charge < -0.3 is 15.1 Å². The summed E-state index contributed by atoms with van der Waals surface area (Å²) in [5.74, 6) is 0.906. The molecule has 2 saturated heterocycles. The number of rotatable bonds is 6. The third-order valence-electron chi connectivity index (χ3n) is 7.29. The van der Waals surface area contributed by atoms with Crippen LogP contribution in [0, 0.1) is 19.8 Å². The van der Waals surface area contributed by atoms with Crippen LogP contribution < -0.4 is 5.32 Å². The van der Waals surface area contributed by atoms with Crippen molar-refractivity contribution in [2.24, 2.45) is 5.92 Å². The summed E-state index contributed by atoms with van der Waals surface area (Å²) in [7, 11) is 0. The van der Waals surface area contributed by atoms with Crippen LogP contribution in [0.1, 0.15) is 54.4 Å². The summed E-state index contributed by atoms with van der Waals surface area (Å²) < 4.78 is 0. The SMILES string of the molecule is Cc1ccc(NC(=O)N2CCC(Cc3ccc(CCC(=O)N4CCCC4)cc3)CC2)cc1C. The quantitative estimate of drug-likeness (QED) is 0.649. The molecule has 2 aromatic carbocycles. The van der Waals surface area contributed by atoms with Gasteiger partial charge in [-0.3, -0.25) is 4.79 Å². The maximum atomic E-state index is 12.6. The molecule has 2 fully saturated rings. The number of urea groups is 1. The molecule has 2 aliphatic heterocycles. The topological polar surface area (TPSA) is 52.7 Å². The Kier molecular flexibility index (Phi) is 7.69. The predicted octanol–water partition coefficient (Wildman–Crippen LogP) is 5.35. The number of piperidine rings is 1. The van der Waals surface area contributed by atoms with E-state index < -0.39 is 0 Å². The van der Waals surface area contributed by atoms with Gasteiger partial charge in [0, 0.05) is 38.3 Å². The van der Waals surface area contributed by atoms with E-state index in [1.165, 1.54) is 22.3 Å². The van der Waals surface area contributed by atoms with E-state index in [0.29, 0.717) is 18.2 Å². The van der Waals surface area contributed by atoms with E-state index in [0.717, 1.165) is 70.4 Å². The number of likely N-dealkylation sites (tertiary alicyclic amines) is 2. The number of carbonyl (C=O) groups is 2. The molecule has 4 rings (SSSR count). The monoisotopic (exact) mass is 447 g/mol. The summed E-state index contributed by atoms with van der Waals surface area (Å²) in [5.41, 5.74) is 5.88. The fourth-order valence-corrected chi connectivity index (χ4v) is 4.91. The van der Waals surface area contributed by atoms with Crippen molar-refractivity contribution in [2.75, 3.05) is 31.5 Å². The van der Waals surface area contributed by atoms with Gasteiger partial charge in [0.1, 0.15) is 0 Å². The van der Waals surface area contributed by atoms with Gasteiger partial charge in [-0.1, -0.05) is 30.3 Å². The lowest BCUT2D eigenvalue weighted by molar-refractivity contribution is -0.130. The summed E-state index contributed by atoms with van der Waals surface area (Å²) in [6.07, 6.45) is 6.86. The van der Waals surface area contributed by atoms with E-state index >= 15 is 0 Å². The van der Waals surface area contributed by atoms with Crippen LogP contribution in [0.5, 0.6) is 0 Å². The summed E-state index contributed by atoms with van der Waals surface area (Å²) in [5, 5.41) is 3.05. The number of aryl methyl sites for hydroxylation is 3. The maximum Gasteiger partial charge on any atom is 0.321 e. The van der Waals surface area contributed by atoms with E-state index in [1.54, 1.807) is 0 Å². The molecule has 0 aromatic heterocycles. The van der Waals surface area contributed by atoms with Gasteiger partial charge in [0.2, 0.25) is 5.91 Å². The van der Waals surface area contributed by atoms with Gasteiger partial charge in [0.05, 0.1) is 0 Å². The zero-order chi connectivity index (χ0) is 23.2. The molecule has 0 bridgehead atoms. The number of nitrogens with zero attached hydrogens (tertiary/aromatic N) is 2. The molecule has 0 atom stereocenters. The number of nitrogens with one attached hydrogen (secondary N) is 1. The molecule has 2 aliphatic rings. The third-order valence-corrected chi connectivity index (χ3v) is 7.29. The smallest absolute Gasteiger partial charge is 0.321 e. The van der Waals surface area contributed by atoms with Gasteiger partial charge in [-0.05, 0) is 92.7 Å². The zero-order valence-electron chi connectivity index (χ0n) is 20.1. The zero-order valence-corrected chi connectivity index (χ0v) is 20.1. The second kappa shape index (κ2) is 10.9. The Labute approximate surface area is 198 Å². The van der Waals surface area contributed by atoms with Crippen molar-refractivity contribution in [2.45, 2.75) is 58.8 Å². The van der Waals surface area contributed by atoms with E-state index in [-0.39, 0.29) is 6.03 Å². The Balaban J connectivity index is 1.19. The Morgan fingerprint density at radius 2 is 1.52 bits per heavy atom. The first-order chi connectivity index (χ1) is 16.0. The van der Waals surface area contributed by atoms with Crippen LogP contribution in [0.3, 0.4) is 0 Å². The largest absolute Gasteiger partial charge is 0.343 e. The van der Waals surface area contributed by atoms with Crippen LogP contribution in [-0.4, -0.2) is 47.9 Å². The minimum absolute atomic E-state index is 0.00420. The Morgan fingerprint density at radius 3 is 2.18 bits per heavy atom. The van der Waals surface area contributed by atoms with Crippen LogP contribution in [0.15, 0.2) is 42.5 Å². The average Bonchev–Trinajstić information content (AvgIpc) is 3.36. The standard InChI is InChI=1S/C28H37N3O2/c1-21-5-11-26(19-22(21)2)29-28(33)31-17-13-25(14-18-31)20-24-8-6-23(7-9-24)10-12-27(32)30-15-3-4-16-30/h5-9,11,19,25H,3-4,10,12-18,20H2,1-2H3,(H,29,33). The van der Waals surface area contributed by atoms with Crippen molar-refractivity contribution in [1.82, 2.24) is 9.80 Å². The van der Waals surface area contributed by atoms with Gasteiger partial charge in [0.15, 0.2) is 0 Å². The molecule has 2 aromatic rings. The van der Waals surface area contributed by atoms with Crippen LogP contribution in [0.2, 0.25) is 0 Å². The van der Waals surface area contributed by atoms with E-state index in [9.17, 15) is 9.59 Å². The highest BCUT2D eigenvalue weighted by Gasteiger charge is 2.23. The highest BCUT2D eigenvalue weighted by atomic mass is 16.2. The average molecular weight is 448 g/mol. The molecule has 33 heavy (non-hydrogen) atoms. The summed E-state index contributed by atoms with van der Waals surface area (Å²) in [6.45, 7) is 7.62.